The minimum atomic E-state index is -1.23. The third-order valence-corrected chi connectivity index (χ3v) is 5.21. The summed E-state index contributed by atoms with van der Waals surface area (Å²) in [7, 11) is 0. The van der Waals surface area contributed by atoms with E-state index >= 15 is 0 Å². The summed E-state index contributed by atoms with van der Waals surface area (Å²) in [5.41, 5.74) is -0.0758. The number of ether oxygens (including phenoxy) is 1. The van der Waals surface area contributed by atoms with Crippen molar-refractivity contribution in [2.45, 2.75) is 90.8 Å². The van der Waals surface area contributed by atoms with Gasteiger partial charge in [-0.3, -0.25) is 9.59 Å². The molecule has 0 aliphatic heterocycles. The first kappa shape index (κ1) is 29.4. The molecule has 0 spiro atoms. The summed E-state index contributed by atoms with van der Waals surface area (Å²) in [5.74, 6) is -0.803. The molecule has 0 aromatic heterocycles. The van der Waals surface area contributed by atoms with E-state index in [1.165, 1.54) is 4.90 Å². The Kier molecular flexibility index (Phi) is 13.3. The van der Waals surface area contributed by atoms with Gasteiger partial charge >= 0.3 is 6.09 Å². The first-order valence-electron chi connectivity index (χ1n) is 12.4. The lowest BCUT2D eigenvalue weighted by Gasteiger charge is -2.34. The van der Waals surface area contributed by atoms with Gasteiger partial charge in [-0.1, -0.05) is 69.9 Å². The van der Waals surface area contributed by atoms with Gasteiger partial charge in [-0.25, -0.2) is 4.79 Å². The molecule has 0 radical (unpaired) electrons. The molecule has 3 amide bonds. The van der Waals surface area contributed by atoms with Crippen LogP contribution in [0, 0.1) is 0 Å². The molecule has 3 N–H and O–H groups in total. The van der Waals surface area contributed by atoms with Gasteiger partial charge in [-0.15, -0.1) is 0 Å². The third-order valence-electron chi connectivity index (χ3n) is 5.21. The van der Waals surface area contributed by atoms with E-state index in [9.17, 15) is 19.5 Å². The Hall–Kier alpha value is -2.61. The number of alkyl carbamates (subject to hydrolysis) is 1. The van der Waals surface area contributed by atoms with Crippen LogP contribution >= 0.6 is 0 Å². The molecule has 2 unspecified atom stereocenters. The Morgan fingerprint density at radius 3 is 2.18 bits per heavy atom. The maximum absolute atomic E-state index is 13.6. The molecule has 0 saturated carbocycles. The number of carbonyl (C=O) groups excluding carboxylic acids is 3. The topological polar surface area (TPSA) is 108 Å². The Balaban J connectivity index is 3.22. The molecular formula is C26H43N3O5. The van der Waals surface area contributed by atoms with Crippen molar-refractivity contribution in [1.29, 1.82) is 0 Å². The second kappa shape index (κ2) is 15.3. The van der Waals surface area contributed by atoms with Crippen molar-refractivity contribution >= 4 is 17.9 Å². The smallest absolute Gasteiger partial charge is 0.408 e. The highest BCUT2D eigenvalue weighted by molar-refractivity contribution is 5.92. The second-order valence-electron chi connectivity index (χ2n) is 9.43. The van der Waals surface area contributed by atoms with Crippen LogP contribution in [-0.2, 0) is 14.3 Å². The lowest BCUT2D eigenvalue weighted by Crippen LogP contribution is -2.54. The number of benzene rings is 1. The van der Waals surface area contributed by atoms with Gasteiger partial charge in [-0.05, 0) is 39.2 Å². The summed E-state index contributed by atoms with van der Waals surface area (Å²) in [6, 6.07) is 7.02. The molecule has 0 bridgehead atoms. The molecule has 0 saturated heterocycles. The summed E-state index contributed by atoms with van der Waals surface area (Å²) in [6.07, 6.45) is 4.61. The summed E-state index contributed by atoms with van der Waals surface area (Å²) < 4.78 is 5.26. The van der Waals surface area contributed by atoms with Crippen LogP contribution in [0.2, 0.25) is 0 Å². The van der Waals surface area contributed by atoms with Crippen LogP contribution in [0.3, 0.4) is 0 Å². The number of nitrogens with zero attached hydrogens (tertiary/aromatic N) is 1. The van der Waals surface area contributed by atoms with Crippen molar-refractivity contribution in [1.82, 2.24) is 15.5 Å². The van der Waals surface area contributed by atoms with Gasteiger partial charge in [-0.2, -0.15) is 0 Å². The maximum Gasteiger partial charge on any atom is 0.408 e. The van der Waals surface area contributed by atoms with Gasteiger partial charge in [0.15, 0.2) is 0 Å². The minimum Gasteiger partial charge on any atom is -0.444 e. The number of unbranched alkanes of at least 4 members (excludes halogenated alkanes) is 4. The van der Waals surface area contributed by atoms with Crippen molar-refractivity contribution in [2.24, 2.45) is 0 Å². The van der Waals surface area contributed by atoms with E-state index in [2.05, 4.69) is 24.5 Å². The summed E-state index contributed by atoms with van der Waals surface area (Å²) in [4.78, 5) is 40.7. The lowest BCUT2D eigenvalue weighted by atomic mass is 10.0. The predicted molar refractivity (Wildman–Crippen MR) is 133 cm³/mol. The normalized spacial score (nSPS) is 13.0. The van der Waals surface area contributed by atoms with E-state index < -0.39 is 36.3 Å². The van der Waals surface area contributed by atoms with Crippen molar-refractivity contribution in [2.75, 3.05) is 19.7 Å². The predicted octanol–water partition coefficient (Wildman–Crippen LogP) is 3.94. The molecule has 0 heterocycles. The van der Waals surface area contributed by atoms with Gasteiger partial charge in [0.05, 0.1) is 6.61 Å². The fourth-order valence-electron chi connectivity index (χ4n) is 3.53. The number of hydrogen-bond acceptors (Lipinski definition) is 5. The van der Waals surface area contributed by atoms with Gasteiger partial charge in [0, 0.05) is 13.1 Å². The fraction of sp³-hybridized carbons (Fsp3) is 0.654. The van der Waals surface area contributed by atoms with Crippen molar-refractivity contribution in [3.8, 4) is 0 Å². The van der Waals surface area contributed by atoms with Crippen molar-refractivity contribution in [3.63, 3.8) is 0 Å². The number of aliphatic hydroxyl groups is 1. The number of nitrogens with one attached hydrogen (secondary N) is 2. The van der Waals surface area contributed by atoms with E-state index in [4.69, 9.17) is 4.74 Å². The molecule has 34 heavy (non-hydrogen) atoms. The van der Waals surface area contributed by atoms with Crippen LogP contribution in [-0.4, -0.2) is 59.3 Å². The molecule has 0 aliphatic rings. The van der Waals surface area contributed by atoms with E-state index in [0.717, 1.165) is 32.1 Å². The number of aliphatic hydroxyl groups excluding tert-OH is 1. The van der Waals surface area contributed by atoms with Crippen molar-refractivity contribution in [3.05, 3.63) is 35.9 Å². The molecule has 8 nitrogen and oxygen atoms in total. The van der Waals surface area contributed by atoms with Gasteiger partial charge in [0.1, 0.15) is 17.7 Å². The molecule has 8 heteroatoms. The molecule has 192 valence electrons. The van der Waals surface area contributed by atoms with Crippen molar-refractivity contribution < 1.29 is 24.2 Å². The highest BCUT2D eigenvalue weighted by atomic mass is 16.6. The van der Waals surface area contributed by atoms with Crippen LogP contribution in [0.15, 0.2) is 30.3 Å². The zero-order valence-electron chi connectivity index (χ0n) is 21.4. The number of carbonyl (C=O) groups is 3. The van der Waals surface area contributed by atoms with E-state index in [0.29, 0.717) is 25.1 Å². The summed E-state index contributed by atoms with van der Waals surface area (Å²) >= 11 is 0. The first-order valence-corrected chi connectivity index (χ1v) is 12.4. The maximum atomic E-state index is 13.6. The summed E-state index contributed by atoms with van der Waals surface area (Å²) in [6.45, 7) is 9.53. The number of amides is 3. The molecule has 0 aliphatic carbocycles. The molecule has 1 rings (SSSR count). The quantitative estimate of drug-likeness (QED) is 0.352. The number of rotatable bonds is 14. The SMILES string of the molecule is CCCCCNC(=O)C(c1ccccc1)N(CCCCC)C(=O)C(CO)NC(=O)OC(C)(C)C. The van der Waals surface area contributed by atoms with Crippen LogP contribution in [0.5, 0.6) is 0 Å². The minimum absolute atomic E-state index is 0.277. The lowest BCUT2D eigenvalue weighted by molar-refractivity contribution is -0.143. The Labute approximate surface area is 204 Å². The van der Waals surface area contributed by atoms with Gasteiger partial charge in [0.2, 0.25) is 11.8 Å². The largest absolute Gasteiger partial charge is 0.444 e. The third kappa shape index (κ3) is 10.5. The van der Waals surface area contributed by atoms with Crippen LogP contribution in [0.25, 0.3) is 0 Å². The van der Waals surface area contributed by atoms with E-state index in [1.807, 2.05) is 30.3 Å². The van der Waals surface area contributed by atoms with E-state index in [-0.39, 0.29) is 5.91 Å². The molecule has 2 atom stereocenters. The standard InChI is InChI=1S/C26H43N3O5/c1-6-8-13-17-27-23(31)22(20-15-11-10-12-16-20)29(18-14-9-7-2)24(32)21(19-30)28-25(33)34-26(3,4)5/h10-12,15-16,21-22,30H,6-9,13-14,17-19H2,1-5H3,(H,27,31)(H,28,33). The summed E-state index contributed by atoms with van der Waals surface area (Å²) in [5, 5.41) is 15.4. The molecule has 0 fully saturated rings. The van der Waals surface area contributed by atoms with Gasteiger partial charge < -0.3 is 25.4 Å². The average Bonchev–Trinajstić information content (AvgIpc) is 2.78. The molecular weight excluding hydrogens is 434 g/mol. The Bertz CT molecular complexity index is 749. The number of hydrogen-bond donors (Lipinski definition) is 3. The molecule has 1 aromatic carbocycles. The highest BCUT2D eigenvalue weighted by Gasteiger charge is 2.35. The van der Waals surface area contributed by atoms with Crippen LogP contribution in [0.1, 0.15) is 84.7 Å². The monoisotopic (exact) mass is 477 g/mol. The zero-order chi connectivity index (χ0) is 25.6. The first-order chi connectivity index (χ1) is 16.1. The fourth-order valence-corrected chi connectivity index (χ4v) is 3.53. The van der Waals surface area contributed by atoms with Crippen LogP contribution < -0.4 is 10.6 Å². The van der Waals surface area contributed by atoms with Crippen LogP contribution in [0.4, 0.5) is 4.79 Å². The highest BCUT2D eigenvalue weighted by Crippen LogP contribution is 2.23. The van der Waals surface area contributed by atoms with Gasteiger partial charge in [0.25, 0.3) is 0 Å². The second-order valence-corrected chi connectivity index (χ2v) is 9.43. The Morgan fingerprint density at radius 2 is 1.62 bits per heavy atom. The Morgan fingerprint density at radius 1 is 1.00 bits per heavy atom. The molecule has 1 aromatic rings. The average molecular weight is 478 g/mol. The zero-order valence-corrected chi connectivity index (χ0v) is 21.4. The van der Waals surface area contributed by atoms with E-state index in [1.54, 1.807) is 20.8 Å².